The van der Waals surface area contributed by atoms with Gasteiger partial charge in [0.15, 0.2) is 11.5 Å². The summed E-state index contributed by atoms with van der Waals surface area (Å²) >= 11 is 9.27. The molecular weight excluding hydrogens is 420 g/mol. The smallest absolute Gasteiger partial charge is 0.258 e. The summed E-state index contributed by atoms with van der Waals surface area (Å²) in [5.41, 5.74) is 2.72. The van der Waals surface area contributed by atoms with Gasteiger partial charge in [-0.2, -0.15) is 5.10 Å². The van der Waals surface area contributed by atoms with E-state index in [-0.39, 0.29) is 17.8 Å². The summed E-state index contributed by atoms with van der Waals surface area (Å²) in [5, 5.41) is 6.01. The third-order valence-corrected chi connectivity index (χ3v) is 4.95. The first kappa shape index (κ1) is 18.7. The molecule has 136 valence electrons. The first-order valence-corrected chi connectivity index (χ1v) is 9.33. The number of amides is 1. The molecule has 1 heterocycles. The summed E-state index contributed by atoms with van der Waals surface area (Å²) in [4.78, 5) is 12.3. The molecule has 7 heteroatoms. The number of benzene rings is 2. The zero-order chi connectivity index (χ0) is 18.7. The van der Waals surface area contributed by atoms with Crippen molar-refractivity contribution in [2.24, 2.45) is 5.10 Å². The summed E-state index contributed by atoms with van der Waals surface area (Å²) in [6.45, 7) is 0. The van der Waals surface area contributed by atoms with Crippen molar-refractivity contribution in [2.75, 3.05) is 20.1 Å². The lowest BCUT2D eigenvalue weighted by Crippen LogP contribution is -2.28. The minimum Gasteiger partial charge on any atom is -0.493 e. The van der Waals surface area contributed by atoms with E-state index in [9.17, 15) is 4.79 Å². The van der Waals surface area contributed by atoms with Crippen LogP contribution in [0.15, 0.2) is 52.0 Å². The lowest BCUT2D eigenvalue weighted by molar-refractivity contribution is -0.130. The van der Waals surface area contributed by atoms with Crippen molar-refractivity contribution in [3.8, 4) is 11.5 Å². The molecule has 0 saturated heterocycles. The molecule has 5 nitrogen and oxygen atoms in total. The van der Waals surface area contributed by atoms with Crippen LogP contribution in [0.3, 0.4) is 0 Å². The Morgan fingerprint density at radius 2 is 2.00 bits per heavy atom. The minimum absolute atomic E-state index is 0.126. The van der Waals surface area contributed by atoms with Crippen molar-refractivity contribution in [3.63, 3.8) is 0 Å². The fourth-order valence-electron chi connectivity index (χ4n) is 2.96. The average Bonchev–Trinajstić information content (AvgIpc) is 3.12. The highest BCUT2D eigenvalue weighted by Gasteiger charge is 2.33. The first-order chi connectivity index (χ1) is 12.6. The van der Waals surface area contributed by atoms with Crippen LogP contribution in [-0.4, -0.2) is 36.7 Å². The third kappa shape index (κ3) is 3.71. The van der Waals surface area contributed by atoms with Crippen LogP contribution in [0.5, 0.6) is 11.5 Å². The zero-order valence-electron chi connectivity index (χ0n) is 14.4. The van der Waals surface area contributed by atoms with Gasteiger partial charge in [-0.25, -0.2) is 5.01 Å². The molecule has 0 spiro atoms. The van der Waals surface area contributed by atoms with Gasteiger partial charge < -0.3 is 9.47 Å². The molecule has 0 fully saturated rings. The van der Waals surface area contributed by atoms with Crippen LogP contribution in [0, 0.1) is 0 Å². The molecule has 0 bridgehead atoms. The molecule has 1 atom stereocenters. The van der Waals surface area contributed by atoms with E-state index in [1.165, 1.54) is 5.01 Å². The third-order valence-electron chi connectivity index (χ3n) is 4.23. The number of methoxy groups -OCH3 is 2. The highest BCUT2D eigenvalue weighted by atomic mass is 79.9. The van der Waals surface area contributed by atoms with Crippen LogP contribution in [0.1, 0.15) is 23.6 Å². The number of hydrogen-bond acceptors (Lipinski definition) is 4. The molecule has 0 aromatic heterocycles. The highest BCUT2D eigenvalue weighted by Crippen LogP contribution is 2.37. The Labute approximate surface area is 165 Å². The maximum atomic E-state index is 12.3. The number of ether oxygens (including phenoxy) is 2. The van der Waals surface area contributed by atoms with Crippen LogP contribution in [0.2, 0.25) is 0 Å². The Hall–Kier alpha value is -2.05. The maximum absolute atomic E-state index is 12.3. The lowest BCUT2D eigenvalue weighted by Gasteiger charge is -2.22. The van der Waals surface area contributed by atoms with E-state index >= 15 is 0 Å². The molecule has 1 aliphatic rings. The molecular formula is C19H18BrClN2O3. The summed E-state index contributed by atoms with van der Waals surface area (Å²) in [6.07, 6.45) is 0.592. The summed E-state index contributed by atoms with van der Waals surface area (Å²) in [7, 11) is 3.17. The Kier molecular flexibility index (Phi) is 5.84. The van der Waals surface area contributed by atoms with Crippen molar-refractivity contribution in [3.05, 3.63) is 58.1 Å². The average molecular weight is 438 g/mol. The van der Waals surface area contributed by atoms with Crippen molar-refractivity contribution in [1.82, 2.24) is 5.01 Å². The van der Waals surface area contributed by atoms with Gasteiger partial charge >= 0.3 is 0 Å². The molecule has 0 radical (unpaired) electrons. The number of carbonyl (C=O) groups excluding carboxylic acids is 1. The summed E-state index contributed by atoms with van der Waals surface area (Å²) in [6, 6.07) is 13.2. The van der Waals surface area contributed by atoms with E-state index in [1.54, 1.807) is 14.2 Å². The maximum Gasteiger partial charge on any atom is 0.258 e. The van der Waals surface area contributed by atoms with E-state index in [0.29, 0.717) is 17.9 Å². The Morgan fingerprint density at radius 3 is 2.65 bits per heavy atom. The van der Waals surface area contributed by atoms with Gasteiger partial charge in [0.2, 0.25) is 0 Å². The molecule has 1 amide bonds. The second-order valence-corrected chi connectivity index (χ2v) is 6.95. The van der Waals surface area contributed by atoms with Gasteiger partial charge in [0, 0.05) is 10.9 Å². The Bertz CT molecular complexity index is 856. The largest absolute Gasteiger partial charge is 0.493 e. The Balaban J connectivity index is 1.98. The topological polar surface area (TPSA) is 51.1 Å². The van der Waals surface area contributed by atoms with Gasteiger partial charge in [-0.3, -0.25) is 4.79 Å². The molecule has 1 aliphatic heterocycles. The van der Waals surface area contributed by atoms with E-state index < -0.39 is 0 Å². The van der Waals surface area contributed by atoms with Gasteiger partial charge in [0.25, 0.3) is 5.91 Å². The zero-order valence-corrected chi connectivity index (χ0v) is 16.8. The van der Waals surface area contributed by atoms with Crippen LogP contribution < -0.4 is 9.47 Å². The van der Waals surface area contributed by atoms with E-state index in [4.69, 9.17) is 21.1 Å². The number of hydrazone groups is 1. The molecule has 0 saturated carbocycles. The number of nitrogens with zero attached hydrogens (tertiary/aromatic N) is 2. The Morgan fingerprint density at radius 1 is 1.23 bits per heavy atom. The predicted octanol–water partition coefficient (Wildman–Crippen LogP) is 4.38. The molecule has 2 aromatic carbocycles. The second kappa shape index (κ2) is 8.10. The highest BCUT2D eigenvalue weighted by molar-refractivity contribution is 9.10. The number of carbonyl (C=O) groups is 1. The van der Waals surface area contributed by atoms with Gasteiger partial charge in [0.1, 0.15) is 5.88 Å². The van der Waals surface area contributed by atoms with Crippen LogP contribution in [-0.2, 0) is 4.79 Å². The van der Waals surface area contributed by atoms with Crippen molar-refractivity contribution in [2.45, 2.75) is 12.5 Å². The van der Waals surface area contributed by atoms with E-state index in [2.05, 4.69) is 21.0 Å². The van der Waals surface area contributed by atoms with Crippen molar-refractivity contribution >= 4 is 39.1 Å². The fourth-order valence-corrected chi connectivity index (χ4v) is 3.49. The van der Waals surface area contributed by atoms with Crippen molar-refractivity contribution < 1.29 is 14.3 Å². The van der Waals surface area contributed by atoms with Crippen LogP contribution >= 0.6 is 27.5 Å². The van der Waals surface area contributed by atoms with Gasteiger partial charge in [0.05, 0.1) is 26.0 Å². The quantitative estimate of drug-likeness (QED) is 0.652. The SMILES string of the molecule is COc1ccc(C2CC(c3cccc(Br)c3)=NN2C(=O)CCl)cc1OC. The fraction of sp³-hybridized carbons (Fsp3) is 0.263. The summed E-state index contributed by atoms with van der Waals surface area (Å²) in [5.74, 6) is 0.882. The number of hydrogen-bond donors (Lipinski definition) is 0. The van der Waals surface area contributed by atoms with Crippen molar-refractivity contribution in [1.29, 1.82) is 0 Å². The minimum atomic E-state index is -0.241. The first-order valence-electron chi connectivity index (χ1n) is 8.00. The van der Waals surface area contributed by atoms with E-state index in [1.807, 2.05) is 42.5 Å². The molecule has 2 aromatic rings. The van der Waals surface area contributed by atoms with E-state index in [0.717, 1.165) is 21.3 Å². The summed E-state index contributed by atoms with van der Waals surface area (Å²) < 4.78 is 11.6. The van der Waals surface area contributed by atoms with Crippen LogP contribution in [0.25, 0.3) is 0 Å². The molecule has 3 rings (SSSR count). The number of alkyl halides is 1. The number of halogens is 2. The second-order valence-electron chi connectivity index (χ2n) is 5.76. The standard InChI is InChI=1S/C19H18BrClN2O3/c1-25-17-7-6-13(9-18(17)26-2)16-10-15(22-23(16)19(24)11-21)12-4-3-5-14(20)8-12/h3-9,16H,10-11H2,1-2H3. The number of rotatable bonds is 5. The lowest BCUT2D eigenvalue weighted by atomic mass is 9.98. The normalized spacial score (nSPS) is 16.4. The molecule has 1 unspecified atom stereocenters. The monoisotopic (exact) mass is 436 g/mol. The van der Waals surface area contributed by atoms with Gasteiger partial charge in [-0.15, -0.1) is 11.6 Å². The predicted molar refractivity (Wildman–Crippen MR) is 105 cm³/mol. The van der Waals surface area contributed by atoms with Gasteiger partial charge in [-0.05, 0) is 35.4 Å². The molecule has 0 aliphatic carbocycles. The molecule has 0 N–H and O–H groups in total. The van der Waals surface area contributed by atoms with Gasteiger partial charge in [-0.1, -0.05) is 34.1 Å². The van der Waals surface area contributed by atoms with Crippen LogP contribution in [0.4, 0.5) is 0 Å². The molecule has 26 heavy (non-hydrogen) atoms.